The Morgan fingerprint density at radius 1 is 0.389 bits per heavy atom. The molecule has 0 amide bonds. The lowest BCUT2D eigenvalue weighted by molar-refractivity contribution is -0.167. The molecule has 6 nitrogen and oxygen atoms in total. The van der Waals surface area contributed by atoms with Gasteiger partial charge in [0.2, 0.25) is 0 Å². The van der Waals surface area contributed by atoms with Gasteiger partial charge in [0.15, 0.2) is 6.10 Å². The molecule has 0 rings (SSSR count). The molecule has 1 unspecified atom stereocenters. The Labute approximate surface area is 336 Å². The predicted octanol–water partition coefficient (Wildman–Crippen LogP) is 15.0. The highest BCUT2D eigenvalue weighted by atomic mass is 16.6. The summed E-state index contributed by atoms with van der Waals surface area (Å²) in [6.45, 7) is 11.3. The third-order valence-electron chi connectivity index (χ3n) is 11.1. The molecule has 2 atom stereocenters. The highest BCUT2D eigenvalue weighted by Gasteiger charge is 2.19. The maximum Gasteiger partial charge on any atom is 0.306 e. The van der Waals surface area contributed by atoms with E-state index < -0.39 is 6.10 Å². The molecule has 0 N–H and O–H groups in total. The second kappa shape index (κ2) is 41.1. The third kappa shape index (κ3) is 40.1. The number of unbranched alkanes of at least 4 members (excludes halogenated alkanes) is 26. The van der Waals surface area contributed by atoms with Gasteiger partial charge in [-0.25, -0.2) is 0 Å². The van der Waals surface area contributed by atoms with Crippen molar-refractivity contribution in [2.45, 2.75) is 265 Å². The number of carbonyl (C=O) groups is 3. The summed E-state index contributed by atoms with van der Waals surface area (Å²) in [6.07, 6.45) is 39.4. The zero-order chi connectivity index (χ0) is 39.7. The number of carbonyl (C=O) groups excluding carboxylic acids is 3. The summed E-state index contributed by atoms with van der Waals surface area (Å²) in [7, 11) is 0. The molecule has 0 spiro atoms. The Balaban J connectivity index is 4.35. The topological polar surface area (TPSA) is 78.9 Å². The molecule has 0 fully saturated rings. The second-order valence-corrected chi connectivity index (χ2v) is 17.1. The average Bonchev–Trinajstić information content (AvgIpc) is 3.15. The lowest BCUT2D eigenvalue weighted by atomic mass is 9.99. The van der Waals surface area contributed by atoms with Crippen LogP contribution in [0.15, 0.2) is 0 Å². The SMILES string of the molecule is CCCCCCCCCCCCCCC(=O)O[C@@H](COC(=O)CCCCCCCCCCCC(C)C)COC(=O)CCCCCCCCCCC(C)CC. The first-order chi connectivity index (χ1) is 26.3. The van der Waals surface area contributed by atoms with Crippen LogP contribution in [-0.4, -0.2) is 37.2 Å². The quantitative estimate of drug-likeness (QED) is 0.0350. The monoisotopic (exact) mass is 765 g/mol. The Morgan fingerprint density at radius 3 is 1.06 bits per heavy atom. The minimum absolute atomic E-state index is 0.0650. The molecular formula is C48H92O6. The first kappa shape index (κ1) is 52.4. The van der Waals surface area contributed by atoms with Crippen LogP contribution in [-0.2, 0) is 28.6 Å². The van der Waals surface area contributed by atoms with Crippen LogP contribution in [0.1, 0.15) is 259 Å². The summed E-state index contributed by atoms with van der Waals surface area (Å²) in [4.78, 5) is 37.8. The number of ether oxygens (including phenoxy) is 3. The van der Waals surface area contributed by atoms with Gasteiger partial charge in [0.25, 0.3) is 0 Å². The van der Waals surface area contributed by atoms with Gasteiger partial charge in [-0.1, -0.05) is 221 Å². The molecule has 320 valence electrons. The van der Waals surface area contributed by atoms with Crippen molar-refractivity contribution < 1.29 is 28.6 Å². The van der Waals surface area contributed by atoms with Crippen molar-refractivity contribution in [2.24, 2.45) is 11.8 Å². The molecule has 0 bridgehead atoms. The van der Waals surface area contributed by atoms with Crippen LogP contribution in [0.25, 0.3) is 0 Å². The van der Waals surface area contributed by atoms with E-state index in [1.807, 2.05) is 0 Å². The van der Waals surface area contributed by atoms with Gasteiger partial charge in [-0.05, 0) is 31.1 Å². The zero-order valence-corrected chi connectivity index (χ0v) is 36.8. The largest absolute Gasteiger partial charge is 0.462 e. The molecule has 6 heteroatoms. The minimum atomic E-state index is -0.761. The van der Waals surface area contributed by atoms with Crippen LogP contribution < -0.4 is 0 Å². The van der Waals surface area contributed by atoms with E-state index in [-0.39, 0.29) is 31.1 Å². The van der Waals surface area contributed by atoms with Gasteiger partial charge >= 0.3 is 17.9 Å². The lowest BCUT2D eigenvalue weighted by Gasteiger charge is -2.18. The van der Waals surface area contributed by atoms with Crippen molar-refractivity contribution in [3.05, 3.63) is 0 Å². The average molecular weight is 765 g/mol. The Bertz CT molecular complexity index is 826. The van der Waals surface area contributed by atoms with E-state index in [0.29, 0.717) is 19.3 Å². The van der Waals surface area contributed by atoms with E-state index in [2.05, 4.69) is 34.6 Å². The molecule has 0 aromatic carbocycles. The second-order valence-electron chi connectivity index (χ2n) is 17.1. The fourth-order valence-electron chi connectivity index (χ4n) is 7.07. The van der Waals surface area contributed by atoms with Crippen molar-refractivity contribution >= 4 is 17.9 Å². The normalized spacial score (nSPS) is 12.6. The lowest BCUT2D eigenvalue weighted by Crippen LogP contribution is -2.30. The molecule has 0 saturated heterocycles. The van der Waals surface area contributed by atoms with Gasteiger partial charge in [-0.3, -0.25) is 14.4 Å². The number of rotatable bonds is 42. The molecule has 0 aliphatic carbocycles. The summed E-state index contributed by atoms with van der Waals surface area (Å²) in [5, 5.41) is 0. The zero-order valence-electron chi connectivity index (χ0n) is 36.8. The Hall–Kier alpha value is -1.59. The van der Waals surface area contributed by atoms with Gasteiger partial charge in [0, 0.05) is 19.3 Å². The van der Waals surface area contributed by atoms with Gasteiger partial charge in [0.1, 0.15) is 13.2 Å². The van der Waals surface area contributed by atoms with Crippen LogP contribution >= 0.6 is 0 Å². The van der Waals surface area contributed by atoms with Crippen LogP contribution in [0.4, 0.5) is 0 Å². The molecule has 0 aromatic heterocycles. The molecular weight excluding hydrogens is 673 g/mol. The maximum atomic E-state index is 12.7. The van der Waals surface area contributed by atoms with Crippen LogP contribution in [0.2, 0.25) is 0 Å². The van der Waals surface area contributed by atoms with Crippen LogP contribution in [0.5, 0.6) is 0 Å². The first-order valence-electron chi connectivity index (χ1n) is 23.8. The summed E-state index contributed by atoms with van der Waals surface area (Å²) in [5.41, 5.74) is 0. The van der Waals surface area contributed by atoms with Crippen molar-refractivity contribution in [3.63, 3.8) is 0 Å². The third-order valence-corrected chi connectivity index (χ3v) is 11.1. The summed E-state index contributed by atoms with van der Waals surface area (Å²) >= 11 is 0. The Morgan fingerprint density at radius 2 is 0.704 bits per heavy atom. The highest BCUT2D eigenvalue weighted by molar-refractivity contribution is 5.71. The van der Waals surface area contributed by atoms with Crippen molar-refractivity contribution in [3.8, 4) is 0 Å². The van der Waals surface area contributed by atoms with Crippen LogP contribution in [0.3, 0.4) is 0 Å². The van der Waals surface area contributed by atoms with E-state index in [9.17, 15) is 14.4 Å². The van der Waals surface area contributed by atoms with E-state index >= 15 is 0 Å². The van der Waals surface area contributed by atoms with Crippen molar-refractivity contribution in [1.29, 1.82) is 0 Å². The summed E-state index contributed by atoms with van der Waals surface area (Å²) in [6, 6.07) is 0. The smallest absolute Gasteiger partial charge is 0.306 e. The molecule has 54 heavy (non-hydrogen) atoms. The first-order valence-corrected chi connectivity index (χ1v) is 23.8. The van der Waals surface area contributed by atoms with E-state index in [1.54, 1.807) is 0 Å². The van der Waals surface area contributed by atoms with E-state index in [4.69, 9.17) is 14.2 Å². The maximum absolute atomic E-state index is 12.7. The van der Waals surface area contributed by atoms with Crippen molar-refractivity contribution in [1.82, 2.24) is 0 Å². The van der Waals surface area contributed by atoms with Gasteiger partial charge in [0.05, 0.1) is 0 Å². The number of esters is 3. The van der Waals surface area contributed by atoms with Gasteiger partial charge in [-0.15, -0.1) is 0 Å². The van der Waals surface area contributed by atoms with Gasteiger partial charge < -0.3 is 14.2 Å². The number of hydrogen-bond donors (Lipinski definition) is 0. The fraction of sp³-hybridized carbons (Fsp3) is 0.938. The highest BCUT2D eigenvalue weighted by Crippen LogP contribution is 2.17. The minimum Gasteiger partial charge on any atom is -0.462 e. The predicted molar refractivity (Wildman–Crippen MR) is 229 cm³/mol. The van der Waals surface area contributed by atoms with E-state index in [0.717, 1.165) is 69.6 Å². The van der Waals surface area contributed by atoms with Crippen LogP contribution in [0, 0.1) is 11.8 Å². The molecule has 0 aromatic rings. The summed E-state index contributed by atoms with van der Waals surface area (Å²) in [5.74, 6) is 0.800. The van der Waals surface area contributed by atoms with E-state index in [1.165, 1.54) is 148 Å². The molecule has 0 heterocycles. The molecule has 0 saturated carbocycles. The van der Waals surface area contributed by atoms with Crippen molar-refractivity contribution in [2.75, 3.05) is 13.2 Å². The molecule has 0 aliphatic rings. The van der Waals surface area contributed by atoms with Gasteiger partial charge in [-0.2, -0.15) is 0 Å². The fourth-order valence-corrected chi connectivity index (χ4v) is 7.07. The molecule has 0 aliphatic heterocycles. The Kier molecular flexibility index (Phi) is 39.8. The molecule has 0 radical (unpaired) electrons. The standard InChI is InChI=1S/C48H92O6/c1-6-8-9-10-11-12-13-14-17-25-30-35-40-48(51)54-45(41-52-46(49)38-33-28-23-18-15-16-21-26-31-36-43(3)4)42-53-47(50)39-34-29-24-20-19-22-27-32-37-44(5)7-2/h43-45H,6-42H2,1-5H3/t44?,45-/m0/s1. The summed E-state index contributed by atoms with van der Waals surface area (Å²) < 4.78 is 16.7. The number of hydrogen-bond acceptors (Lipinski definition) is 6.